The van der Waals surface area contributed by atoms with Crippen molar-refractivity contribution in [2.45, 2.75) is 37.2 Å². The number of amides is 1. The zero-order valence-electron chi connectivity index (χ0n) is 24.1. The van der Waals surface area contributed by atoms with Crippen molar-refractivity contribution in [2.75, 3.05) is 13.2 Å². The van der Waals surface area contributed by atoms with Gasteiger partial charge in [0.1, 0.15) is 5.75 Å². The van der Waals surface area contributed by atoms with Crippen molar-refractivity contribution in [3.05, 3.63) is 135 Å². The standard InChI is InChI=1S/C34H31BrF3N3O4/c35-29-10-5-4-9-28(29)30-33(21-23-7-2-1-3-8-23,32(43)41-39-22-24-11-15-26(16-12-24)34(36,37)38)40-31(45-30)25-13-17-27(18-14-25)44-20-6-19-42/h1-5,7-18,30,39,42H,6,19-22H2,(H,41,43)/t30-,33-/m0/s1. The van der Waals surface area contributed by atoms with Crippen LogP contribution in [0.4, 0.5) is 13.2 Å². The van der Waals surface area contributed by atoms with E-state index in [9.17, 15) is 18.0 Å². The van der Waals surface area contributed by atoms with Crippen LogP contribution in [0.25, 0.3) is 0 Å². The molecule has 1 aliphatic heterocycles. The highest BCUT2D eigenvalue weighted by Crippen LogP contribution is 2.44. The van der Waals surface area contributed by atoms with Gasteiger partial charge in [-0.2, -0.15) is 13.2 Å². The molecule has 0 radical (unpaired) electrons. The van der Waals surface area contributed by atoms with Gasteiger partial charge in [-0.3, -0.25) is 10.2 Å². The Morgan fingerprint density at radius 3 is 2.29 bits per heavy atom. The lowest BCUT2D eigenvalue weighted by atomic mass is 9.82. The van der Waals surface area contributed by atoms with Crippen LogP contribution in [-0.4, -0.2) is 35.7 Å². The summed E-state index contributed by atoms with van der Waals surface area (Å²) in [6, 6.07) is 28.8. The molecule has 0 saturated carbocycles. The topological polar surface area (TPSA) is 92.2 Å². The second-order valence-corrected chi connectivity index (χ2v) is 11.3. The fourth-order valence-electron chi connectivity index (χ4n) is 5.00. The molecule has 2 atom stereocenters. The number of hydrazine groups is 1. The molecule has 4 aromatic carbocycles. The molecule has 1 aliphatic rings. The van der Waals surface area contributed by atoms with Gasteiger partial charge in [0.05, 0.1) is 12.2 Å². The maximum absolute atomic E-state index is 14.3. The first-order chi connectivity index (χ1) is 21.7. The van der Waals surface area contributed by atoms with Gasteiger partial charge in [-0.15, -0.1) is 0 Å². The highest BCUT2D eigenvalue weighted by atomic mass is 79.9. The average molecular weight is 683 g/mol. The lowest BCUT2D eigenvalue weighted by Gasteiger charge is -2.31. The van der Waals surface area contributed by atoms with Crippen LogP contribution in [-0.2, 0) is 28.7 Å². The minimum atomic E-state index is -4.43. The number of alkyl halides is 3. The molecule has 0 spiro atoms. The Labute approximate surface area is 267 Å². The van der Waals surface area contributed by atoms with Gasteiger partial charge < -0.3 is 14.6 Å². The Hall–Kier alpha value is -4.19. The maximum atomic E-state index is 14.3. The number of rotatable bonds is 12. The van der Waals surface area contributed by atoms with Crippen molar-refractivity contribution in [3.63, 3.8) is 0 Å². The monoisotopic (exact) mass is 681 g/mol. The molecule has 45 heavy (non-hydrogen) atoms. The molecule has 0 unspecified atom stereocenters. The second kappa shape index (κ2) is 14.3. The highest BCUT2D eigenvalue weighted by molar-refractivity contribution is 9.10. The van der Waals surface area contributed by atoms with E-state index in [1.807, 2.05) is 54.6 Å². The van der Waals surface area contributed by atoms with Crippen LogP contribution in [0.2, 0.25) is 0 Å². The summed E-state index contributed by atoms with van der Waals surface area (Å²) >= 11 is 3.62. The first kappa shape index (κ1) is 32.2. The molecule has 0 aliphatic carbocycles. The van der Waals surface area contributed by atoms with E-state index in [0.717, 1.165) is 22.2 Å². The summed E-state index contributed by atoms with van der Waals surface area (Å²) in [5.41, 5.74) is 6.17. The van der Waals surface area contributed by atoms with Gasteiger partial charge >= 0.3 is 6.18 Å². The summed E-state index contributed by atoms with van der Waals surface area (Å²) in [6.45, 7) is 0.487. The molecule has 0 aromatic heterocycles. The fourth-order valence-corrected chi connectivity index (χ4v) is 5.49. The molecule has 4 aromatic rings. The van der Waals surface area contributed by atoms with Crippen molar-refractivity contribution in [3.8, 4) is 5.75 Å². The van der Waals surface area contributed by atoms with Crippen molar-refractivity contribution < 1.29 is 32.5 Å². The highest BCUT2D eigenvalue weighted by Gasteiger charge is 2.54. The van der Waals surface area contributed by atoms with Gasteiger partial charge in [0.2, 0.25) is 5.90 Å². The van der Waals surface area contributed by atoms with Crippen molar-refractivity contribution >= 4 is 27.7 Å². The fraction of sp³-hybridized carbons (Fsp3) is 0.235. The average Bonchev–Trinajstić information content (AvgIpc) is 3.42. The molecule has 0 bridgehead atoms. The summed E-state index contributed by atoms with van der Waals surface area (Å²) in [7, 11) is 0. The lowest BCUT2D eigenvalue weighted by Crippen LogP contribution is -2.53. The van der Waals surface area contributed by atoms with Gasteiger partial charge in [-0.05, 0) is 53.6 Å². The smallest absolute Gasteiger partial charge is 0.416 e. The SMILES string of the molecule is O=C(NNCc1ccc(C(F)(F)F)cc1)[C@@]1(Cc2ccccc2)N=C(c2ccc(OCCCO)cc2)O[C@H]1c1ccccc1Br. The molecule has 1 heterocycles. The van der Waals surface area contributed by atoms with E-state index in [1.54, 1.807) is 24.3 Å². The van der Waals surface area contributed by atoms with E-state index in [4.69, 9.17) is 19.6 Å². The number of hydrogen-bond donors (Lipinski definition) is 3. The third kappa shape index (κ3) is 7.73. The van der Waals surface area contributed by atoms with Crippen molar-refractivity contribution in [1.29, 1.82) is 0 Å². The second-order valence-electron chi connectivity index (χ2n) is 10.5. The third-order valence-electron chi connectivity index (χ3n) is 7.31. The van der Waals surface area contributed by atoms with Crippen LogP contribution in [0.1, 0.15) is 40.3 Å². The number of benzene rings is 4. The summed E-state index contributed by atoms with van der Waals surface area (Å²) in [5, 5.41) is 9.03. The molecule has 234 valence electrons. The molecule has 1 amide bonds. The Bertz CT molecular complexity index is 1620. The molecule has 7 nitrogen and oxygen atoms in total. The number of nitrogens with one attached hydrogen (secondary N) is 2. The Morgan fingerprint density at radius 2 is 1.62 bits per heavy atom. The van der Waals surface area contributed by atoms with Gasteiger partial charge in [-0.25, -0.2) is 10.4 Å². The maximum Gasteiger partial charge on any atom is 0.416 e. The number of hydrogen-bond acceptors (Lipinski definition) is 6. The number of nitrogens with zero attached hydrogens (tertiary/aromatic N) is 1. The molecular weight excluding hydrogens is 651 g/mol. The molecule has 11 heteroatoms. The number of carbonyl (C=O) groups is 1. The summed E-state index contributed by atoms with van der Waals surface area (Å²) in [4.78, 5) is 19.2. The van der Waals surface area contributed by atoms with Gasteiger partial charge in [0, 0.05) is 41.6 Å². The number of aliphatic imine (C=N–C) groups is 1. The summed E-state index contributed by atoms with van der Waals surface area (Å²) in [6.07, 6.45) is -4.57. The van der Waals surface area contributed by atoms with E-state index >= 15 is 0 Å². The van der Waals surface area contributed by atoms with Crippen LogP contribution in [0, 0.1) is 0 Å². The number of aliphatic hydroxyl groups is 1. The molecule has 5 rings (SSSR count). The van der Waals surface area contributed by atoms with E-state index in [2.05, 4.69) is 26.8 Å². The quantitative estimate of drug-likeness (QED) is 0.117. The first-order valence-corrected chi connectivity index (χ1v) is 15.1. The predicted octanol–water partition coefficient (Wildman–Crippen LogP) is 6.55. The predicted molar refractivity (Wildman–Crippen MR) is 167 cm³/mol. The number of halogens is 4. The Morgan fingerprint density at radius 1 is 0.933 bits per heavy atom. The first-order valence-electron chi connectivity index (χ1n) is 14.3. The lowest BCUT2D eigenvalue weighted by molar-refractivity contribution is -0.137. The molecule has 3 N–H and O–H groups in total. The van der Waals surface area contributed by atoms with Crippen molar-refractivity contribution in [2.24, 2.45) is 4.99 Å². The Balaban J connectivity index is 1.47. The zero-order chi connectivity index (χ0) is 31.9. The van der Waals surface area contributed by atoms with E-state index < -0.39 is 29.3 Å². The number of ether oxygens (including phenoxy) is 2. The third-order valence-corrected chi connectivity index (χ3v) is 8.03. The normalized spacial score (nSPS) is 17.8. The van der Waals surface area contributed by atoms with Gasteiger partial charge in [-0.1, -0.05) is 76.6 Å². The number of carbonyl (C=O) groups excluding carboxylic acids is 1. The van der Waals surface area contributed by atoms with E-state index in [0.29, 0.717) is 35.5 Å². The van der Waals surface area contributed by atoms with Crippen LogP contribution >= 0.6 is 15.9 Å². The Kier molecular flexibility index (Phi) is 10.2. The van der Waals surface area contributed by atoms with E-state index in [-0.39, 0.29) is 25.5 Å². The van der Waals surface area contributed by atoms with Crippen LogP contribution in [0.5, 0.6) is 5.75 Å². The minimum Gasteiger partial charge on any atom is -0.494 e. The largest absolute Gasteiger partial charge is 0.494 e. The summed E-state index contributed by atoms with van der Waals surface area (Å²) < 4.78 is 51.9. The minimum absolute atomic E-state index is 0.0317. The van der Waals surface area contributed by atoms with E-state index in [1.165, 1.54) is 12.1 Å². The van der Waals surface area contributed by atoms with Crippen LogP contribution in [0.15, 0.2) is 113 Å². The molecule has 0 saturated heterocycles. The zero-order valence-corrected chi connectivity index (χ0v) is 25.6. The van der Waals surface area contributed by atoms with Crippen molar-refractivity contribution in [1.82, 2.24) is 10.9 Å². The van der Waals surface area contributed by atoms with Gasteiger partial charge in [0.25, 0.3) is 5.91 Å². The summed E-state index contributed by atoms with van der Waals surface area (Å²) in [5.74, 6) is 0.415. The van der Waals surface area contributed by atoms with Gasteiger partial charge in [0.15, 0.2) is 11.6 Å². The number of aliphatic hydroxyl groups excluding tert-OH is 1. The molecule has 0 fully saturated rings. The van der Waals surface area contributed by atoms with Crippen LogP contribution in [0.3, 0.4) is 0 Å². The molecular formula is C34H31BrF3N3O4. The van der Waals surface area contributed by atoms with Crippen LogP contribution < -0.4 is 15.6 Å².